The summed E-state index contributed by atoms with van der Waals surface area (Å²) in [6.45, 7) is 7.40. The molecule has 0 N–H and O–H groups in total. The predicted molar refractivity (Wildman–Crippen MR) is 40.2 cm³/mol. The molecule has 0 saturated heterocycles. The number of rotatable bonds is 5. The van der Waals surface area contributed by atoms with Crippen LogP contribution in [0.5, 0.6) is 0 Å². The van der Waals surface area contributed by atoms with Crippen LogP contribution >= 0.6 is 0 Å². The molecule has 0 fully saturated rings. The molecule has 0 aromatic heterocycles. The summed E-state index contributed by atoms with van der Waals surface area (Å²) in [4.78, 5) is 0.820. The van der Waals surface area contributed by atoms with E-state index < -0.39 is 27.2 Å². The fraction of sp³-hybridized carbons (Fsp3) is 0.667. The molecule has 0 aliphatic carbocycles. The molecule has 0 aromatic rings. The Morgan fingerprint density at radius 1 is 1.55 bits per heavy atom. The van der Waals surface area contributed by atoms with E-state index in [-0.39, 0.29) is 9.52 Å². The van der Waals surface area contributed by atoms with E-state index >= 15 is 0 Å². The Morgan fingerprint density at radius 2 is 2.09 bits per heavy atom. The second-order valence-electron chi connectivity index (χ2n) is 2.02. The van der Waals surface area contributed by atoms with Crippen molar-refractivity contribution in [1.82, 2.24) is 0 Å². The molecule has 0 bridgehead atoms. The summed E-state index contributed by atoms with van der Waals surface area (Å²) in [5, 5.41) is 0. The van der Waals surface area contributed by atoms with Crippen LogP contribution in [0.2, 0.25) is 15.8 Å². The molecule has 0 radical (unpaired) electrons. The predicted octanol–water partition coefficient (Wildman–Crippen LogP) is 1.42. The van der Waals surface area contributed by atoms with Crippen LogP contribution in [0, 0.1) is 0 Å². The van der Waals surface area contributed by atoms with E-state index in [0.717, 1.165) is 4.98 Å². The van der Waals surface area contributed by atoms with Gasteiger partial charge in [0.1, 0.15) is 0 Å². The fourth-order valence-electron chi connectivity index (χ4n) is 0.372. The number of hydrogen-bond acceptors (Lipinski definition) is 2. The molecule has 0 atom stereocenters. The van der Waals surface area contributed by atoms with Gasteiger partial charge in [-0.05, 0) is 0 Å². The summed E-state index contributed by atoms with van der Waals surface area (Å²) < 4.78 is 23.2. The van der Waals surface area contributed by atoms with Crippen LogP contribution < -0.4 is 0 Å². The topological polar surface area (TPSA) is 34.1 Å². The first-order valence-electron chi connectivity index (χ1n) is 3.21. The Kier molecular flexibility index (Phi) is 6.44. The molecule has 72 valence electrons. The maximum absolute atomic E-state index is 11.1. The standard InChI is InChI=1S/C3H5.C2H7Si.CH2.2Co.2O/c2*1-3-2;;;;;/h1H2,2H3;1,3H2,2H3;1H2;;;;. The third-order valence-electron chi connectivity index (χ3n) is 0.829. The van der Waals surface area contributed by atoms with Crippen molar-refractivity contribution in [3.63, 3.8) is 0 Å². The van der Waals surface area contributed by atoms with Crippen molar-refractivity contribution >= 4 is 9.52 Å². The Bertz CT molecular complexity index is 191. The number of allylic oxidation sites excluding steroid dienone is 1. The molecule has 5 heteroatoms. The zero-order valence-electron chi connectivity index (χ0n) is 6.81. The van der Waals surface area contributed by atoms with Crippen molar-refractivity contribution in [1.29, 1.82) is 0 Å². The van der Waals surface area contributed by atoms with Crippen molar-refractivity contribution in [3.05, 3.63) is 11.1 Å². The first-order valence-corrected chi connectivity index (χ1v) is 9.20. The molecule has 0 amide bonds. The van der Waals surface area contributed by atoms with Crippen molar-refractivity contribution in [2.24, 2.45) is 0 Å². The summed E-state index contributed by atoms with van der Waals surface area (Å²) in [7, 11) is -0.144. The van der Waals surface area contributed by atoms with Crippen LogP contribution in [0.4, 0.5) is 0 Å². The van der Waals surface area contributed by atoms with E-state index in [9.17, 15) is 7.73 Å². The van der Waals surface area contributed by atoms with E-state index in [1.807, 2.05) is 0 Å². The maximum atomic E-state index is 11.1. The van der Waals surface area contributed by atoms with Gasteiger partial charge in [0.2, 0.25) is 0 Å². The Hall–Kier alpha value is 0.570. The summed E-state index contributed by atoms with van der Waals surface area (Å²) in [5.74, 6) is 0. The first kappa shape index (κ1) is 11.6. The van der Waals surface area contributed by atoms with Gasteiger partial charge < -0.3 is 0 Å². The van der Waals surface area contributed by atoms with E-state index in [0.29, 0.717) is 8.80 Å². The van der Waals surface area contributed by atoms with Gasteiger partial charge in [-0.3, -0.25) is 0 Å². The average molecular weight is 264 g/mol. The van der Waals surface area contributed by atoms with Crippen molar-refractivity contribution in [2.75, 3.05) is 0 Å². The van der Waals surface area contributed by atoms with E-state index in [4.69, 9.17) is 0 Å². The van der Waals surface area contributed by atoms with Crippen LogP contribution in [0.15, 0.2) is 11.1 Å². The minimum atomic E-state index is -1.38. The molecule has 0 aromatic carbocycles. The Labute approximate surface area is 78.2 Å². The summed E-state index contributed by atoms with van der Waals surface area (Å²) in [5.41, 5.74) is 0. The van der Waals surface area contributed by atoms with Crippen LogP contribution in [-0.4, -0.2) is 9.52 Å². The Morgan fingerprint density at radius 3 is 2.45 bits per heavy atom. The van der Waals surface area contributed by atoms with Crippen LogP contribution in [0.25, 0.3) is 0 Å². The summed E-state index contributed by atoms with van der Waals surface area (Å²) in [6, 6.07) is 0. The van der Waals surface area contributed by atoms with Crippen LogP contribution in [0.3, 0.4) is 0 Å². The van der Waals surface area contributed by atoms with Gasteiger partial charge in [0, 0.05) is 0 Å². The van der Waals surface area contributed by atoms with Gasteiger partial charge in [-0.25, -0.2) is 0 Å². The third-order valence-corrected chi connectivity index (χ3v) is 8.37. The van der Waals surface area contributed by atoms with Crippen LogP contribution in [0.1, 0.15) is 6.92 Å². The molecule has 0 spiro atoms. The van der Waals surface area contributed by atoms with Crippen LogP contribution in [-0.2, 0) is 34.9 Å². The van der Waals surface area contributed by atoms with E-state index in [2.05, 4.69) is 13.1 Å². The third kappa shape index (κ3) is 5.80. The van der Waals surface area contributed by atoms with Gasteiger partial charge in [0.15, 0.2) is 0 Å². The monoisotopic (exact) mass is 264 g/mol. The Balaban J connectivity index is 3.76. The second kappa shape index (κ2) is 6.13. The van der Waals surface area contributed by atoms with Crippen molar-refractivity contribution in [3.8, 4) is 0 Å². The molecular weight excluding hydrogens is 250 g/mol. The van der Waals surface area contributed by atoms with Gasteiger partial charge in [-0.1, -0.05) is 0 Å². The molecule has 0 rings (SSSR count). The fourth-order valence-corrected chi connectivity index (χ4v) is 6.80. The van der Waals surface area contributed by atoms with Gasteiger partial charge in [0.05, 0.1) is 0 Å². The zero-order chi connectivity index (χ0) is 8.85. The normalized spacial score (nSPS) is 13.6. The molecule has 0 heterocycles. The summed E-state index contributed by atoms with van der Waals surface area (Å²) in [6.07, 6.45) is 0. The van der Waals surface area contributed by atoms with Gasteiger partial charge in [-0.2, -0.15) is 0 Å². The van der Waals surface area contributed by atoms with E-state index in [1.54, 1.807) is 6.92 Å². The van der Waals surface area contributed by atoms with Gasteiger partial charge in [-0.15, -0.1) is 0 Å². The van der Waals surface area contributed by atoms with E-state index in [1.165, 1.54) is 0 Å². The molecule has 0 unspecified atom stereocenters. The quantitative estimate of drug-likeness (QED) is 0.704. The molecule has 0 saturated carbocycles. The van der Waals surface area contributed by atoms with Crippen molar-refractivity contribution < 1.29 is 34.9 Å². The molecule has 0 aliphatic rings. The van der Waals surface area contributed by atoms with Crippen molar-refractivity contribution in [2.45, 2.75) is 22.7 Å². The molecule has 2 nitrogen and oxygen atoms in total. The average Bonchev–Trinajstić information content (AvgIpc) is 1.87. The minimum absolute atomic E-state index is 0.144. The zero-order valence-corrected chi connectivity index (χ0v) is 10.3. The molecule has 11 heavy (non-hydrogen) atoms. The second-order valence-corrected chi connectivity index (χ2v) is 9.07. The SMILES string of the molecule is C=[C](C)[Co](=[O])[CH2][Co](=[O])[CH2][SiH2]C. The number of hydrogen-bond donors (Lipinski definition) is 0. The summed E-state index contributed by atoms with van der Waals surface area (Å²) >= 11 is -2.54. The first-order chi connectivity index (χ1) is 5.07. The molecule has 0 aliphatic heterocycles. The molecular formula is C6H14Co2O2Si. The van der Waals surface area contributed by atoms with Gasteiger partial charge in [0.25, 0.3) is 0 Å². The van der Waals surface area contributed by atoms with Gasteiger partial charge >= 0.3 is 78.2 Å².